The lowest BCUT2D eigenvalue weighted by Crippen LogP contribution is -2.32. The van der Waals surface area contributed by atoms with Gasteiger partial charge >= 0.3 is 10.8 Å². The second-order valence-corrected chi connectivity index (χ2v) is 12.7. The molecule has 6 rings (SSSR count). The van der Waals surface area contributed by atoms with Gasteiger partial charge in [0.05, 0.1) is 28.8 Å². The van der Waals surface area contributed by atoms with Gasteiger partial charge in [0.15, 0.2) is 0 Å². The van der Waals surface area contributed by atoms with E-state index in [0.717, 1.165) is 21.8 Å². The highest BCUT2D eigenvalue weighted by Crippen LogP contribution is 2.54. The van der Waals surface area contributed by atoms with Gasteiger partial charge in [-0.15, -0.1) is 0 Å². The van der Waals surface area contributed by atoms with Crippen LogP contribution in [0.5, 0.6) is 5.75 Å². The van der Waals surface area contributed by atoms with Crippen molar-refractivity contribution in [1.29, 1.82) is 0 Å². The van der Waals surface area contributed by atoms with Gasteiger partial charge in [0.25, 0.3) is 0 Å². The van der Waals surface area contributed by atoms with Crippen molar-refractivity contribution in [3.63, 3.8) is 0 Å². The molecule has 0 aliphatic carbocycles. The second-order valence-electron chi connectivity index (χ2n) is 9.63. The Labute approximate surface area is 258 Å². The summed E-state index contributed by atoms with van der Waals surface area (Å²) in [5.41, 5.74) is 2.09. The number of amides is 2. The number of hydrogen-bond acceptors (Lipinski definition) is 8. The fourth-order valence-electron chi connectivity index (χ4n) is 5.25. The van der Waals surface area contributed by atoms with Gasteiger partial charge in [-0.1, -0.05) is 58.4 Å². The number of nitrogens with zero attached hydrogens (tertiary/aromatic N) is 1. The first-order valence-electron chi connectivity index (χ1n) is 13.0. The maximum Gasteiger partial charge on any atom is 0.338 e. The van der Waals surface area contributed by atoms with Crippen LogP contribution in [0.2, 0.25) is 10.0 Å². The van der Waals surface area contributed by atoms with E-state index in [0.29, 0.717) is 42.5 Å². The normalized spacial score (nSPS) is 19.4. The van der Waals surface area contributed by atoms with Gasteiger partial charge in [0, 0.05) is 26.4 Å². The Morgan fingerprint density at radius 2 is 1.74 bits per heavy atom. The summed E-state index contributed by atoms with van der Waals surface area (Å²) >= 11 is 14.8. The Hall–Kier alpha value is -3.57. The van der Waals surface area contributed by atoms with Crippen molar-refractivity contribution >= 4 is 69.8 Å². The summed E-state index contributed by atoms with van der Waals surface area (Å²) in [4.78, 5) is 56.9. The van der Waals surface area contributed by atoms with E-state index in [1.54, 1.807) is 49.4 Å². The van der Waals surface area contributed by atoms with E-state index in [4.69, 9.17) is 32.7 Å². The predicted molar refractivity (Wildman–Crippen MR) is 162 cm³/mol. The van der Waals surface area contributed by atoms with E-state index in [-0.39, 0.29) is 18.1 Å². The van der Waals surface area contributed by atoms with Crippen LogP contribution in [0.15, 0.2) is 76.6 Å². The third-order valence-electron chi connectivity index (χ3n) is 7.05. The Morgan fingerprint density at radius 1 is 0.976 bits per heavy atom. The number of anilines is 1. The first-order chi connectivity index (χ1) is 20.2. The van der Waals surface area contributed by atoms with Crippen LogP contribution < -0.4 is 14.5 Å². The summed E-state index contributed by atoms with van der Waals surface area (Å²) in [6.07, 6.45) is 0. The molecule has 1 fully saturated rings. The number of benzene rings is 3. The Bertz CT molecular complexity index is 1770. The summed E-state index contributed by atoms with van der Waals surface area (Å²) in [6.45, 7) is 2.14. The van der Waals surface area contributed by atoms with Crippen molar-refractivity contribution in [2.75, 3.05) is 11.5 Å². The summed E-state index contributed by atoms with van der Waals surface area (Å²) < 4.78 is 11.3. The summed E-state index contributed by atoms with van der Waals surface area (Å²) in [5, 5.41) is 0.733. The van der Waals surface area contributed by atoms with Crippen molar-refractivity contribution < 1.29 is 23.9 Å². The van der Waals surface area contributed by atoms with Crippen LogP contribution in [-0.4, -0.2) is 34.6 Å². The first-order valence-corrected chi connectivity index (χ1v) is 15.4. The number of thiazole rings is 1. The van der Waals surface area contributed by atoms with Crippen molar-refractivity contribution in [2.24, 2.45) is 5.92 Å². The number of aromatic amines is 1. The number of carbonyl (C=O) groups is 3. The lowest BCUT2D eigenvalue weighted by Gasteiger charge is -2.31. The van der Waals surface area contributed by atoms with Crippen LogP contribution in [0.25, 0.3) is 0 Å². The zero-order valence-electron chi connectivity index (χ0n) is 22.0. The minimum Gasteiger partial charge on any atom is -0.489 e. The van der Waals surface area contributed by atoms with Gasteiger partial charge in [-0.05, 0) is 67.1 Å². The molecule has 42 heavy (non-hydrogen) atoms. The number of aromatic nitrogens is 1. The van der Waals surface area contributed by atoms with E-state index < -0.39 is 34.9 Å². The van der Waals surface area contributed by atoms with Gasteiger partial charge in [-0.3, -0.25) is 14.4 Å². The molecule has 12 heteroatoms. The fraction of sp³-hybridized carbons (Fsp3) is 0.200. The monoisotopic (exact) mass is 640 g/mol. The standard InChI is InChI=1S/C30H22Cl2N2O6S2/c1-2-39-29(37)16-6-9-19(10-7-16)34-27(35)23-22(24-26(33-30(38)42-24)41-25(23)28(34)36)20-13-18(32)8-11-21(20)40-14-15-4-3-5-17(31)12-15/h3-13,22-23,25H,2,14H2,1H3,(H,33,38)/t22-,23?,25?/m1/s1. The molecule has 1 aromatic heterocycles. The highest BCUT2D eigenvalue weighted by molar-refractivity contribution is 8.00. The molecule has 0 radical (unpaired) electrons. The quantitative estimate of drug-likeness (QED) is 0.187. The molecular formula is C30H22Cl2N2O6S2. The van der Waals surface area contributed by atoms with Crippen LogP contribution >= 0.6 is 46.3 Å². The lowest BCUT2D eigenvalue weighted by molar-refractivity contribution is -0.122. The summed E-state index contributed by atoms with van der Waals surface area (Å²) in [6, 6.07) is 18.6. The van der Waals surface area contributed by atoms with Gasteiger partial charge in [0.1, 0.15) is 17.6 Å². The van der Waals surface area contributed by atoms with Gasteiger partial charge < -0.3 is 14.5 Å². The number of fused-ring (bicyclic) bond motifs is 2. The number of imide groups is 1. The Kier molecular flexibility index (Phi) is 7.89. The van der Waals surface area contributed by atoms with Crippen molar-refractivity contribution in [3.8, 4) is 5.75 Å². The number of esters is 1. The molecule has 214 valence electrons. The Morgan fingerprint density at radius 3 is 2.48 bits per heavy atom. The third-order valence-corrected chi connectivity index (χ3v) is 9.92. The summed E-state index contributed by atoms with van der Waals surface area (Å²) in [5.74, 6) is -2.36. The highest BCUT2D eigenvalue weighted by Gasteiger charge is 2.56. The zero-order valence-corrected chi connectivity index (χ0v) is 25.1. The number of H-pyrrole nitrogens is 1. The van der Waals surface area contributed by atoms with Crippen LogP contribution in [0, 0.1) is 5.92 Å². The topological polar surface area (TPSA) is 106 Å². The molecule has 2 amide bonds. The average Bonchev–Trinajstić information content (AvgIpc) is 3.46. The van der Waals surface area contributed by atoms with E-state index in [2.05, 4.69) is 4.98 Å². The molecule has 0 spiro atoms. The molecule has 2 aliphatic heterocycles. The number of nitrogens with one attached hydrogen (secondary N) is 1. The zero-order chi connectivity index (χ0) is 29.5. The maximum absolute atomic E-state index is 14.1. The molecule has 1 saturated heterocycles. The molecule has 0 saturated carbocycles. The molecule has 2 aliphatic rings. The second kappa shape index (κ2) is 11.6. The van der Waals surface area contributed by atoms with Crippen LogP contribution in [-0.2, 0) is 20.9 Å². The average molecular weight is 642 g/mol. The number of hydrogen-bond donors (Lipinski definition) is 1. The minimum atomic E-state index is -0.835. The number of carbonyl (C=O) groups excluding carboxylic acids is 3. The van der Waals surface area contributed by atoms with Crippen LogP contribution in [0.4, 0.5) is 5.69 Å². The van der Waals surface area contributed by atoms with Gasteiger partial charge in [-0.2, -0.15) is 0 Å². The maximum atomic E-state index is 14.1. The Balaban J connectivity index is 1.39. The van der Waals surface area contributed by atoms with Gasteiger partial charge in [-0.25, -0.2) is 9.69 Å². The van der Waals surface area contributed by atoms with Crippen LogP contribution in [0.1, 0.15) is 39.2 Å². The largest absolute Gasteiger partial charge is 0.489 e. The minimum absolute atomic E-state index is 0.201. The van der Waals surface area contributed by atoms with Crippen molar-refractivity contribution in [3.05, 3.63) is 108 Å². The molecule has 3 heterocycles. The van der Waals surface area contributed by atoms with Crippen LogP contribution in [0.3, 0.4) is 0 Å². The number of halogens is 2. The molecule has 2 unspecified atom stereocenters. The number of ether oxygens (including phenoxy) is 2. The van der Waals surface area contributed by atoms with E-state index in [1.807, 2.05) is 12.1 Å². The highest BCUT2D eigenvalue weighted by atomic mass is 35.5. The SMILES string of the molecule is CCOC(=O)c1ccc(N2C(=O)C3Sc4[nH]c(=O)sc4[C@H](c4cc(Cl)ccc4OCc4cccc(Cl)c4)C3C2=O)cc1. The summed E-state index contributed by atoms with van der Waals surface area (Å²) in [7, 11) is 0. The molecule has 4 aromatic rings. The predicted octanol–water partition coefficient (Wildman–Crippen LogP) is 6.29. The molecular weight excluding hydrogens is 619 g/mol. The third kappa shape index (κ3) is 5.24. The molecule has 8 nitrogen and oxygen atoms in total. The van der Waals surface area contributed by atoms with Crippen molar-refractivity contribution in [1.82, 2.24) is 4.98 Å². The van der Waals surface area contributed by atoms with E-state index in [1.165, 1.54) is 23.9 Å². The molecule has 3 aromatic carbocycles. The lowest BCUT2D eigenvalue weighted by atomic mass is 9.82. The molecule has 0 bridgehead atoms. The van der Waals surface area contributed by atoms with Crippen molar-refractivity contribution in [2.45, 2.75) is 29.7 Å². The molecule has 1 N–H and O–H groups in total. The first kappa shape index (κ1) is 28.5. The molecule has 3 atom stereocenters. The smallest absolute Gasteiger partial charge is 0.338 e. The number of thioether (sulfide) groups is 1. The van der Waals surface area contributed by atoms with E-state index in [9.17, 15) is 19.2 Å². The number of rotatable bonds is 7. The van der Waals surface area contributed by atoms with E-state index >= 15 is 0 Å². The van der Waals surface area contributed by atoms with Gasteiger partial charge in [0.2, 0.25) is 11.8 Å². The fourth-order valence-corrected chi connectivity index (χ4v) is 8.15.